The van der Waals surface area contributed by atoms with Crippen molar-refractivity contribution < 1.29 is 14.7 Å². The molecule has 1 aromatic carbocycles. The predicted octanol–water partition coefficient (Wildman–Crippen LogP) is 1.02. The van der Waals surface area contributed by atoms with Gasteiger partial charge in [0, 0.05) is 13.1 Å². The summed E-state index contributed by atoms with van der Waals surface area (Å²) in [6, 6.07) is 8.21. The van der Waals surface area contributed by atoms with Gasteiger partial charge in [-0.2, -0.15) is 0 Å². The number of carboxylic acids is 1. The van der Waals surface area contributed by atoms with Gasteiger partial charge in [0.2, 0.25) is 5.91 Å². The maximum atomic E-state index is 11.9. The van der Waals surface area contributed by atoms with E-state index in [4.69, 9.17) is 0 Å². The van der Waals surface area contributed by atoms with Gasteiger partial charge in [-0.05, 0) is 19.4 Å². The maximum absolute atomic E-state index is 11.9. The van der Waals surface area contributed by atoms with Crippen LogP contribution in [-0.2, 0) is 9.59 Å². The van der Waals surface area contributed by atoms with Gasteiger partial charge in [0.1, 0.15) is 6.04 Å². The highest BCUT2D eigenvalue weighted by Crippen LogP contribution is 2.30. The van der Waals surface area contributed by atoms with Gasteiger partial charge in [-0.15, -0.1) is 0 Å². The number of carboxylic acid groups (broad SMARTS) is 1. The number of rotatable bonds is 3. The molecule has 1 aromatic rings. The second-order valence-corrected chi connectivity index (χ2v) is 5.16. The number of nitrogens with one attached hydrogen (secondary N) is 1. The number of nitrogens with zero attached hydrogens (tertiary/aromatic N) is 1. The summed E-state index contributed by atoms with van der Waals surface area (Å²) in [7, 11) is 0. The van der Waals surface area contributed by atoms with E-state index in [2.05, 4.69) is 5.32 Å². The Kier molecular flexibility index (Phi) is 3.57. The summed E-state index contributed by atoms with van der Waals surface area (Å²) in [5.74, 6) is -1.07. The van der Waals surface area contributed by atoms with E-state index in [1.54, 1.807) is 30.9 Å². The lowest BCUT2D eigenvalue weighted by Gasteiger charge is -2.44. The monoisotopic (exact) mass is 262 g/mol. The average molecular weight is 262 g/mol. The summed E-state index contributed by atoms with van der Waals surface area (Å²) in [6.45, 7) is 4.49. The molecule has 1 unspecified atom stereocenters. The number of piperazine rings is 1. The minimum Gasteiger partial charge on any atom is -0.480 e. The van der Waals surface area contributed by atoms with Crippen LogP contribution in [0.1, 0.15) is 25.5 Å². The number of aliphatic carboxylic acids is 1. The largest absolute Gasteiger partial charge is 0.480 e. The minimum atomic E-state index is -0.936. The fourth-order valence-corrected chi connectivity index (χ4v) is 2.46. The molecule has 0 saturated carbocycles. The second-order valence-electron chi connectivity index (χ2n) is 5.16. The summed E-state index contributed by atoms with van der Waals surface area (Å²) in [4.78, 5) is 25.3. The van der Waals surface area contributed by atoms with Crippen molar-refractivity contribution in [1.29, 1.82) is 0 Å². The first-order valence-electron chi connectivity index (χ1n) is 6.27. The smallest absolute Gasteiger partial charge is 0.325 e. The van der Waals surface area contributed by atoms with Crippen LogP contribution in [0.3, 0.4) is 0 Å². The third-order valence-electron chi connectivity index (χ3n) is 3.57. The number of carbonyl (C=O) groups excluding carboxylic acids is 1. The predicted molar refractivity (Wildman–Crippen MR) is 70.6 cm³/mol. The van der Waals surface area contributed by atoms with E-state index in [-0.39, 0.29) is 5.91 Å². The van der Waals surface area contributed by atoms with Crippen LogP contribution < -0.4 is 5.32 Å². The van der Waals surface area contributed by atoms with Gasteiger partial charge in [0.05, 0.1) is 5.54 Å². The van der Waals surface area contributed by atoms with Crippen molar-refractivity contribution >= 4 is 11.9 Å². The average Bonchev–Trinajstić information content (AvgIpc) is 2.36. The van der Waals surface area contributed by atoms with Gasteiger partial charge in [-0.25, -0.2) is 0 Å². The molecule has 1 aliphatic rings. The first-order chi connectivity index (χ1) is 8.94. The summed E-state index contributed by atoms with van der Waals surface area (Å²) < 4.78 is 0. The topological polar surface area (TPSA) is 69.6 Å². The molecule has 1 fully saturated rings. The summed E-state index contributed by atoms with van der Waals surface area (Å²) in [5, 5.41) is 12.3. The van der Waals surface area contributed by atoms with Gasteiger partial charge >= 0.3 is 5.97 Å². The molecule has 0 aliphatic carbocycles. The van der Waals surface area contributed by atoms with Crippen LogP contribution in [0.25, 0.3) is 0 Å². The van der Waals surface area contributed by atoms with E-state index in [1.165, 1.54) is 0 Å². The number of amides is 1. The Hall–Kier alpha value is -1.88. The molecule has 5 heteroatoms. The first kappa shape index (κ1) is 13.5. The van der Waals surface area contributed by atoms with E-state index < -0.39 is 17.6 Å². The Morgan fingerprint density at radius 2 is 2.00 bits per heavy atom. The number of carbonyl (C=O) groups is 2. The summed E-state index contributed by atoms with van der Waals surface area (Å²) >= 11 is 0. The molecule has 1 aliphatic heterocycles. The first-order valence-corrected chi connectivity index (χ1v) is 6.27. The number of benzene rings is 1. The van der Waals surface area contributed by atoms with E-state index in [0.29, 0.717) is 18.7 Å². The maximum Gasteiger partial charge on any atom is 0.325 e. The highest BCUT2D eigenvalue weighted by Gasteiger charge is 2.44. The molecule has 2 rings (SSSR count). The van der Waals surface area contributed by atoms with Crippen LogP contribution in [0, 0.1) is 0 Å². The van der Waals surface area contributed by atoms with Crippen LogP contribution in [0.2, 0.25) is 0 Å². The molecule has 2 N–H and O–H groups in total. The van der Waals surface area contributed by atoms with E-state index in [0.717, 1.165) is 0 Å². The molecule has 102 valence electrons. The number of hydrogen-bond acceptors (Lipinski definition) is 3. The van der Waals surface area contributed by atoms with Crippen molar-refractivity contribution in [3.05, 3.63) is 35.9 Å². The lowest BCUT2D eigenvalue weighted by atomic mass is 9.93. The van der Waals surface area contributed by atoms with Crippen LogP contribution in [0.4, 0.5) is 0 Å². The van der Waals surface area contributed by atoms with E-state index in [1.807, 2.05) is 18.2 Å². The standard InChI is InChI=1S/C14H18N2O3/c1-14(2)13(19)15-8-9-16(14)11(12(17)18)10-6-4-3-5-7-10/h3-7,11H,8-9H2,1-2H3,(H,15,19)(H,17,18). The van der Waals surface area contributed by atoms with Crippen LogP contribution >= 0.6 is 0 Å². The lowest BCUT2D eigenvalue weighted by Crippen LogP contribution is -2.63. The third kappa shape index (κ3) is 2.46. The van der Waals surface area contributed by atoms with Crippen molar-refractivity contribution in [1.82, 2.24) is 10.2 Å². The lowest BCUT2D eigenvalue weighted by molar-refractivity contribution is -0.151. The molecule has 0 radical (unpaired) electrons. The summed E-state index contributed by atoms with van der Waals surface area (Å²) in [6.07, 6.45) is 0. The van der Waals surface area contributed by atoms with Crippen molar-refractivity contribution in [2.45, 2.75) is 25.4 Å². The molecule has 1 saturated heterocycles. The van der Waals surface area contributed by atoms with Gasteiger partial charge in [-0.1, -0.05) is 30.3 Å². The van der Waals surface area contributed by atoms with Gasteiger partial charge < -0.3 is 10.4 Å². The van der Waals surface area contributed by atoms with Crippen molar-refractivity contribution in [2.24, 2.45) is 0 Å². The molecule has 19 heavy (non-hydrogen) atoms. The zero-order valence-electron chi connectivity index (χ0n) is 11.1. The van der Waals surface area contributed by atoms with Crippen molar-refractivity contribution in [3.8, 4) is 0 Å². The zero-order valence-corrected chi connectivity index (χ0v) is 11.1. The fourth-order valence-electron chi connectivity index (χ4n) is 2.46. The third-order valence-corrected chi connectivity index (χ3v) is 3.57. The Morgan fingerprint density at radius 1 is 1.37 bits per heavy atom. The normalized spacial score (nSPS) is 20.6. The molecule has 5 nitrogen and oxygen atoms in total. The van der Waals surface area contributed by atoms with Crippen molar-refractivity contribution in [2.75, 3.05) is 13.1 Å². The molecule has 1 amide bonds. The minimum absolute atomic E-state index is 0.138. The van der Waals surface area contributed by atoms with E-state index in [9.17, 15) is 14.7 Å². The Balaban J connectivity index is 2.40. The molecule has 1 heterocycles. The van der Waals surface area contributed by atoms with Gasteiger partial charge in [0.25, 0.3) is 0 Å². The fraction of sp³-hybridized carbons (Fsp3) is 0.429. The van der Waals surface area contributed by atoms with Crippen LogP contribution in [-0.4, -0.2) is 40.5 Å². The molecule has 0 bridgehead atoms. The van der Waals surface area contributed by atoms with Gasteiger partial charge in [-0.3, -0.25) is 14.5 Å². The quantitative estimate of drug-likeness (QED) is 0.853. The zero-order chi connectivity index (χ0) is 14.0. The molecular weight excluding hydrogens is 244 g/mol. The Morgan fingerprint density at radius 3 is 2.58 bits per heavy atom. The van der Waals surface area contributed by atoms with Crippen LogP contribution in [0.15, 0.2) is 30.3 Å². The van der Waals surface area contributed by atoms with Crippen molar-refractivity contribution in [3.63, 3.8) is 0 Å². The highest BCUT2D eigenvalue weighted by atomic mass is 16.4. The number of hydrogen-bond donors (Lipinski definition) is 2. The SMILES string of the molecule is CC1(C)C(=O)NCCN1C(C(=O)O)c1ccccc1. The summed E-state index contributed by atoms with van der Waals surface area (Å²) in [5.41, 5.74) is -0.144. The molecule has 1 atom stereocenters. The van der Waals surface area contributed by atoms with Crippen LogP contribution in [0.5, 0.6) is 0 Å². The molecular formula is C14H18N2O3. The Bertz CT molecular complexity index is 485. The second kappa shape index (κ2) is 5.01. The van der Waals surface area contributed by atoms with E-state index >= 15 is 0 Å². The highest BCUT2D eigenvalue weighted by molar-refractivity contribution is 5.87. The molecule has 0 aromatic heterocycles. The molecule has 0 spiro atoms. The van der Waals surface area contributed by atoms with Gasteiger partial charge in [0.15, 0.2) is 0 Å². The Labute approximate surface area is 112 Å².